The molecular weight excluding hydrogens is 232 g/mol. The molecule has 3 heteroatoms. The van der Waals surface area contributed by atoms with Gasteiger partial charge in [-0.15, -0.1) is 0 Å². The Labute approximate surface area is 104 Å². The van der Waals surface area contributed by atoms with Crippen LogP contribution in [0.3, 0.4) is 0 Å². The normalized spacial score (nSPS) is 18.0. The van der Waals surface area contributed by atoms with Crippen molar-refractivity contribution in [3.05, 3.63) is 65.2 Å². The van der Waals surface area contributed by atoms with Gasteiger partial charge in [0.2, 0.25) is 0 Å². The van der Waals surface area contributed by atoms with Crippen LogP contribution in [0.25, 0.3) is 0 Å². The predicted molar refractivity (Wildman–Crippen MR) is 67.7 cm³/mol. The van der Waals surface area contributed by atoms with Crippen molar-refractivity contribution >= 4 is 5.69 Å². The minimum Gasteiger partial charge on any atom is -0.385 e. The summed E-state index contributed by atoms with van der Waals surface area (Å²) in [4.78, 5) is 0. The number of nitrogens with one attached hydrogen (secondary N) is 1. The van der Waals surface area contributed by atoms with Crippen molar-refractivity contribution in [2.75, 3.05) is 11.9 Å². The number of halogens is 2. The molecule has 1 aliphatic rings. The van der Waals surface area contributed by atoms with Gasteiger partial charge in [-0.3, -0.25) is 0 Å². The number of rotatable bonds is 1. The SMILES string of the molecule is Fc1ccc2c(c1)C(c1ccccc1F)CCN2. The zero-order valence-corrected chi connectivity index (χ0v) is 9.79. The van der Waals surface area contributed by atoms with Crippen LogP contribution in [0.15, 0.2) is 42.5 Å². The van der Waals surface area contributed by atoms with Crippen LogP contribution in [0.1, 0.15) is 23.5 Å². The highest BCUT2D eigenvalue weighted by Crippen LogP contribution is 2.37. The maximum Gasteiger partial charge on any atom is 0.127 e. The van der Waals surface area contributed by atoms with Crippen molar-refractivity contribution in [2.24, 2.45) is 0 Å². The largest absolute Gasteiger partial charge is 0.385 e. The summed E-state index contributed by atoms with van der Waals surface area (Å²) in [6.07, 6.45) is 0.775. The molecule has 18 heavy (non-hydrogen) atoms. The van der Waals surface area contributed by atoms with Crippen molar-refractivity contribution < 1.29 is 8.78 Å². The zero-order valence-electron chi connectivity index (χ0n) is 9.79. The molecule has 92 valence electrons. The quantitative estimate of drug-likeness (QED) is 0.803. The van der Waals surface area contributed by atoms with Crippen molar-refractivity contribution in [3.8, 4) is 0 Å². The molecule has 0 radical (unpaired) electrons. The highest BCUT2D eigenvalue weighted by molar-refractivity contribution is 5.57. The monoisotopic (exact) mass is 245 g/mol. The van der Waals surface area contributed by atoms with Crippen LogP contribution in [0, 0.1) is 11.6 Å². The Kier molecular flexibility index (Phi) is 2.74. The van der Waals surface area contributed by atoms with E-state index in [0.29, 0.717) is 5.56 Å². The number of anilines is 1. The molecule has 1 nitrogen and oxygen atoms in total. The molecule has 0 saturated carbocycles. The Morgan fingerprint density at radius 1 is 1.00 bits per heavy atom. The lowest BCUT2D eigenvalue weighted by Gasteiger charge is -2.27. The van der Waals surface area contributed by atoms with E-state index in [0.717, 1.165) is 24.2 Å². The molecule has 3 rings (SSSR count). The maximum atomic E-state index is 13.9. The number of benzene rings is 2. The van der Waals surface area contributed by atoms with E-state index in [9.17, 15) is 8.78 Å². The van der Waals surface area contributed by atoms with E-state index in [2.05, 4.69) is 5.32 Å². The molecule has 0 aromatic heterocycles. The highest BCUT2D eigenvalue weighted by atomic mass is 19.1. The van der Waals surface area contributed by atoms with Gasteiger partial charge in [-0.25, -0.2) is 8.78 Å². The molecule has 0 aliphatic carbocycles. The first-order valence-corrected chi connectivity index (χ1v) is 6.03. The number of fused-ring (bicyclic) bond motifs is 1. The molecule has 0 amide bonds. The fourth-order valence-corrected chi connectivity index (χ4v) is 2.57. The van der Waals surface area contributed by atoms with Gasteiger partial charge in [-0.1, -0.05) is 18.2 Å². The van der Waals surface area contributed by atoms with Crippen molar-refractivity contribution in [1.82, 2.24) is 0 Å². The van der Waals surface area contributed by atoms with E-state index < -0.39 is 0 Å². The second-order valence-electron chi connectivity index (χ2n) is 4.52. The fraction of sp³-hybridized carbons (Fsp3) is 0.200. The van der Waals surface area contributed by atoms with Gasteiger partial charge in [0, 0.05) is 18.2 Å². The summed E-state index contributed by atoms with van der Waals surface area (Å²) < 4.78 is 27.2. The Balaban J connectivity index is 2.11. The Hall–Kier alpha value is -1.90. The third-order valence-electron chi connectivity index (χ3n) is 3.42. The Morgan fingerprint density at radius 3 is 2.67 bits per heavy atom. The first kappa shape index (κ1) is 11.2. The highest BCUT2D eigenvalue weighted by Gasteiger charge is 2.24. The summed E-state index contributed by atoms with van der Waals surface area (Å²) in [6, 6.07) is 11.4. The molecule has 0 spiro atoms. The van der Waals surface area contributed by atoms with Crippen LogP contribution in [0.2, 0.25) is 0 Å². The average molecular weight is 245 g/mol. The van der Waals surface area contributed by atoms with E-state index >= 15 is 0 Å². The molecule has 2 aromatic rings. The standard InChI is InChI=1S/C15H13F2N/c16-10-5-6-15-13(9-10)11(7-8-18-15)12-3-1-2-4-14(12)17/h1-6,9,11,18H,7-8H2. The molecule has 1 N–H and O–H groups in total. The lowest BCUT2D eigenvalue weighted by molar-refractivity contribution is 0.580. The zero-order chi connectivity index (χ0) is 12.5. The summed E-state index contributed by atoms with van der Waals surface area (Å²) in [5.41, 5.74) is 2.38. The smallest absolute Gasteiger partial charge is 0.127 e. The summed E-state index contributed by atoms with van der Waals surface area (Å²) in [7, 11) is 0. The third kappa shape index (κ3) is 1.86. The summed E-state index contributed by atoms with van der Waals surface area (Å²) >= 11 is 0. The first-order chi connectivity index (χ1) is 8.75. The van der Waals surface area contributed by atoms with E-state index in [1.54, 1.807) is 18.2 Å². The number of hydrogen-bond donors (Lipinski definition) is 1. The molecular formula is C15H13F2N. The fourth-order valence-electron chi connectivity index (χ4n) is 2.57. The van der Waals surface area contributed by atoms with Gasteiger partial charge in [0.25, 0.3) is 0 Å². The van der Waals surface area contributed by atoms with Crippen LogP contribution in [-0.2, 0) is 0 Å². The maximum absolute atomic E-state index is 13.9. The van der Waals surface area contributed by atoms with Crippen LogP contribution in [-0.4, -0.2) is 6.54 Å². The lowest BCUT2D eigenvalue weighted by atomic mass is 9.85. The third-order valence-corrected chi connectivity index (χ3v) is 3.42. The minimum atomic E-state index is -0.279. The van der Waals surface area contributed by atoms with Gasteiger partial charge in [0.1, 0.15) is 11.6 Å². The van der Waals surface area contributed by atoms with Gasteiger partial charge >= 0.3 is 0 Å². The molecule has 0 saturated heterocycles. The summed E-state index contributed by atoms with van der Waals surface area (Å²) in [6.45, 7) is 0.775. The second kappa shape index (κ2) is 4.41. The Bertz CT molecular complexity index is 580. The van der Waals surface area contributed by atoms with Crippen LogP contribution in [0.4, 0.5) is 14.5 Å². The first-order valence-electron chi connectivity index (χ1n) is 6.03. The molecule has 0 bridgehead atoms. The predicted octanol–water partition coefficient (Wildman–Crippen LogP) is 3.91. The Morgan fingerprint density at radius 2 is 1.83 bits per heavy atom. The van der Waals surface area contributed by atoms with Gasteiger partial charge in [-0.2, -0.15) is 0 Å². The van der Waals surface area contributed by atoms with E-state index in [-0.39, 0.29) is 17.6 Å². The van der Waals surface area contributed by atoms with Gasteiger partial charge in [-0.05, 0) is 41.8 Å². The van der Waals surface area contributed by atoms with E-state index in [4.69, 9.17) is 0 Å². The van der Waals surface area contributed by atoms with Crippen molar-refractivity contribution in [1.29, 1.82) is 0 Å². The minimum absolute atomic E-state index is 0.0712. The van der Waals surface area contributed by atoms with Gasteiger partial charge in [0.15, 0.2) is 0 Å². The molecule has 1 heterocycles. The second-order valence-corrected chi connectivity index (χ2v) is 4.52. The average Bonchev–Trinajstić information content (AvgIpc) is 2.39. The van der Waals surface area contributed by atoms with Gasteiger partial charge < -0.3 is 5.32 Å². The summed E-state index contributed by atoms with van der Waals surface area (Å²) in [5.74, 6) is -0.573. The van der Waals surface area contributed by atoms with E-state index in [1.165, 1.54) is 18.2 Å². The van der Waals surface area contributed by atoms with E-state index in [1.807, 2.05) is 6.07 Å². The van der Waals surface area contributed by atoms with Crippen LogP contribution >= 0.6 is 0 Å². The van der Waals surface area contributed by atoms with Gasteiger partial charge in [0.05, 0.1) is 0 Å². The topological polar surface area (TPSA) is 12.0 Å². The molecule has 1 unspecified atom stereocenters. The molecule has 1 aliphatic heterocycles. The molecule has 0 fully saturated rings. The molecule has 2 aromatic carbocycles. The van der Waals surface area contributed by atoms with Crippen LogP contribution in [0.5, 0.6) is 0 Å². The summed E-state index contributed by atoms with van der Waals surface area (Å²) in [5, 5.41) is 3.22. The van der Waals surface area contributed by atoms with Crippen molar-refractivity contribution in [3.63, 3.8) is 0 Å². The molecule has 1 atom stereocenters. The van der Waals surface area contributed by atoms with Crippen LogP contribution < -0.4 is 5.32 Å². The lowest BCUT2D eigenvalue weighted by Crippen LogP contribution is -2.18. The van der Waals surface area contributed by atoms with Crippen molar-refractivity contribution in [2.45, 2.75) is 12.3 Å². The number of hydrogen-bond acceptors (Lipinski definition) is 1.